The lowest BCUT2D eigenvalue weighted by Gasteiger charge is -2.10. The quantitative estimate of drug-likeness (QED) is 0.684. The van der Waals surface area contributed by atoms with Crippen LogP contribution in [0.4, 0.5) is 4.39 Å². The average molecular weight is 245 g/mol. The summed E-state index contributed by atoms with van der Waals surface area (Å²) >= 11 is 1.17. The van der Waals surface area contributed by atoms with E-state index in [1.807, 2.05) is 0 Å². The number of hydrogen-bond acceptors (Lipinski definition) is 4. The van der Waals surface area contributed by atoms with E-state index in [0.29, 0.717) is 4.90 Å². The molecule has 0 amide bonds. The highest BCUT2D eigenvalue weighted by Crippen LogP contribution is 2.24. The minimum atomic E-state index is -0.822. The zero-order valence-corrected chi connectivity index (χ0v) is 9.88. The van der Waals surface area contributed by atoms with Crippen molar-refractivity contribution in [2.45, 2.75) is 24.0 Å². The summed E-state index contributed by atoms with van der Waals surface area (Å²) in [7, 11) is 0. The fraction of sp³-hybridized carbons (Fsp3) is 0.455. The zero-order chi connectivity index (χ0) is 12.1. The van der Waals surface area contributed by atoms with Crippen molar-refractivity contribution in [1.82, 2.24) is 0 Å². The summed E-state index contributed by atoms with van der Waals surface area (Å²) in [6.07, 6.45) is -0.822. The van der Waals surface area contributed by atoms with Crippen LogP contribution in [0.1, 0.15) is 18.5 Å². The summed E-state index contributed by atoms with van der Waals surface area (Å²) in [5.74, 6) is -0.0739. The van der Waals surface area contributed by atoms with Gasteiger partial charge < -0.3 is 15.9 Å². The number of benzene rings is 1. The van der Waals surface area contributed by atoms with Crippen LogP contribution in [0, 0.1) is 5.82 Å². The van der Waals surface area contributed by atoms with Gasteiger partial charge in [-0.3, -0.25) is 0 Å². The lowest BCUT2D eigenvalue weighted by atomic mass is 10.1. The number of aliphatic hydroxyl groups is 2. The molecule has 0 bridgehead atoms. The highest BCUT2D eigenvalue weighted by Gasteiger charge is 2.09. The van der Waals surface area contributed by atoms with Crippen LogP contribution in [0.5, 0.6) is 0 Å². The molecule has 5 heteroatoms. The lowest BCUT2D eigenvalue weighted by molar-refractivity contribution is 0.113. The molecule has 0 fully saturated rings. The Morgan fingerprint density at radius 2 is 2.19 bits per heavy atom. The second-order valence-electron chi connectivity index (χ2n) is 3.63. The molecule has 2 unspecified atom stereocenters. The van der Waals surface area contributed by atoms with Crippen molar-refractivity contribution in [3.05, 3.63) is 29.6 Å². The van der Waals surface area contributed by atoms with Gasteiger partial charge in [0.2, 0.25) is 0 Å². The van der Waals surface area contributed by atoms with E-state index >= 15 is 0 Å². The molecule has 0 aromatic heterocycles. The first kappa shape index (κ1) is 13.4. The predicted octanol–water partition coefficient (Wildman–Crippen LogP) is 1.29. The van der Waals surface area contributed by atoms with Crippen LogP contribution in [0.3, 0.4) is 0 Å². The van der Waals surface area contributed by atoms with Crippen molar-refractivity contribution in [3.63, 3.8) is 0 Å². The number of hydrogen-bond donors (Lipinski definition) is 3. The fourth-order valence-electron chi connectivity index (χ4n) is 1.16. The molecule has 2 atom stereocenters. The van der Waals surface area contributed by atoms with Crippen LogP contribution >= 0.6 is 11.8 Å². The first-order valence-corrected chi connectivity index (χ1v) is 6.00. The van der Waals surface area contributed by atoms with Crippen LogP contribution in [0.25, 0.3) is 0 Å². The Morgan fingerprint density at radius 1 is 1.50 bits per heavy atom. The number of thioether (sulfide) groups is 1. The van der Waals surface area contributed by atoms with Crippen LogP contribution in [-0.2, 0) is 0 Å². The molecule has 0 aliphatic heterocycles. The molecule has 90 valence electrons. The largest absolute Gasteiger partial charge is 0.394 e. The smallest absolute Gasteiger partial charge is 0.137 e. The van der Waals surface area contributed by atoms with Crippen LogP contribution in [-0.4, -0.2) is 28.7 Å². The van der Waals surface area contributed by atoms with Crippen molar-refractivity contribution in [1.29, 1.82) is 0 Å². The van der Waals surface area contributed by atoms with E-state index < -0.39 is 6.10 Å². The van der Waals surface area contributed by atoms with Gasteiger partial charge in [-0.05, 0) is 24.6 Å². The maximum Gasteiger partial charge on any atom is 0.137 e. The molecular weight excluding hydrogens is 229 g/mol. The fourth-order valence-corrected chi connectivity index (χ4v) is 1.99. The minimum Gasteiger partial charge on any atom is -0.394 e. The van der Waals surface area contributed by atoms with Gasteiger partial charge in [0.25, 0.3) is 0 Å². The summed E-state index contributed by atoms with van der Waals surface area (Å²) in [6, 6.07) is 4.61. The first-order valence-electron chi connectivity index (χ1n) is 5.01. The Bertz CT molecular complexity index is 347. The molecule has 3 nitrogen and oxygen atoms in total. The molecule has 1 aromatic carbocycles. The molecule has 0 heterocycles. The Hall–Kier alpha value is -0.620. The van der Waals surface area contributed by atoms with Crippen molar-refractivity contribution in [3.8, 4) is 0 Å². The second kappa shape index (κ2) is 6.20. The Balaban J connectivity index is 2.68. The molecule has 0 aliphatic carbocycles. The number of rotatable bonds is 5. The van der Waals surface area contributed by atoms with E-state index in [4.69, 9.17) is 15.9 Å². The molecule has 4 N–H and O–H groups in total. The van der Waals surface area contributed by atoms with Crippen LogP contribution < -0.4 is 5.73 Å². The van der Waals surface area contributed by atoms with Gasteiger partial charge in [-0.15, -0.1) is 11.8 Å². The molecule has 16 heavy (non-hydrogen) atoms. The molecule has 0 aliphatic rings. The maximum atomic E-state index is 13.5. The first-order chi connectivity index (χ1) is 7.54. The molecule has 0 spiro atoms. The maximum absolute atomic E-state index is 13.5. The number of nitrogens with two attached hydrogens (primary N) is 1. The molecule has 1 rings (SSSR count). The summed E-state index contributed by atoms with van der Waals surface area (Å²) in [6.45, 7) is 1.48. The Labute approximate surface area is 98.5 Å². The third-order valence-corrected chi connectivity index (χ3v) is 3.32. The Kier molecular flexibility index (Phi) is 5.21. The van der Waals surface area contributed by atoms with E-state index in [1.165, 1.54) is 17.8 Å². The average Bonchev–Trinajstić information content (AvgIpc) is 2.26. The van der Waals surface area contributed by atoms with E-state index in [9.17, 15) is 4.39 Å². The van der Waals surface area contributed by atoms with Gasteiger partial charge in [0, 0.05) is 16.7 Å². The van der Waals surface area contributed by atoms with E-state index in [1.54, 1.807) is 19.1 Å². The summed E-state index contributed by atoms with van der Waals surface area (Å²) in [4.78, 5) is 0.455. The van der Waals surface area contributed by atoms with Crippen LogP contribution in [0.2, 0.25) is 0 Å². The summed E-state index contributed by atoms with van der Waals surface area (Å²) in [5, 5.41) is 17.8. The zero-order valence-electron chi connectivity index (χ0n) is 9.06. The van der Waals surface area contributed by atoms with Gasteiger partial charge in [0.15, 0.2) is 0 Å². The molecule has 0 saturated heterocycles. The van der Waals surface area contributed by atoms with Crippen molar-refractivity contribution in [2.24, 2.45) is 5.73 Å². The molecular formula is C11H16FNO2S. The van der Waals surface area contributed by atoms with E-state index in [-0.39, 0.29) is 24.2 Å². The van der Waals surface area contributed by atoms with Gasteiger partial charge in [-0.2, -0.15) is 0 Å². The van der Waals surface area contributed by atoms with Gasteiger partial charge >= 0.3 is 0 Å². The normalized spacial score (nSPS) is 14.8. The number of aliphatic hydroxyl groups excluding tert-OH is 2. The minimum absolute atomic E-state index is 0.198. The van der Waals surface area contributed by atoms with E-state index in [0.717, 1.165) is 5.56 Å². The van der Waals surface area contributed by atoms with Gasteiger partial charge in [0.1, 0.15) is 5.82 Å². The molecule has 0 saturated carbocycles. The van der Waals surface area contributed by atoms with Gasteiger partial charge in [-0.1, -0.05) is 6.07 Å². The number of halogens is 1. The third kappa shape index (κ3) is 3.75. The van der Waals surface area contributed by atoms with Gasteiger partial charge in [0.05, 0.1) is 12.7 Å². The standard InChI is InChI=1S/C11H16FNO2S/c1-7(13)8-2-3-11(10(12)4-8)16-6-9(15)5-14/h2-4,7,9,14-15H,5-6,13H2,1H3. The predicted molar refractivity (Wildman–Crippen MR) is 62.8 cm³/mol. The second-order valence-corrected chi connectivity index (χ2v) is 4.69. The van der Waals surface area contributed by atoms with Crippen molar-refractivity contribution >= 4 is 11.8 Å². The summed E-state index contributed by atoms with van der Waals surface area (Å²) in [5.41, 5.74) is 6.37. The third-order valence-electron chi connectivity index (χ3n) is 2.12. The monoisotopic (exact) mass is 245 g/mol. The molecule has 1 aromatic rings. The lowest BCUT2D eigenvalue weighted by Crippen LogP contribution is -2.14. The van der Waals surface area contributed by atoms with Crippen molar-refractivity contribution < 1.29 is 14.6 Å². The Morgan fingerprint density at radius 3 is 2.69 bits per heavy atom. The highest BCUT2D eigenvalue weighted by molar-refractivity contribution is 7.99. The van der Waals surface area contributed by atoms with Gasteiger partial charge in [-0.25, -0.2) is 4.39 Å². The molecule has 0 radical (unpaired) electrons. The SMILES string of the molecule is CC(N)c1ccc(SCC(O)CO)c(F)c1. The van der Waals surface area contributed by atoms with Crippen LogP contribution in [0.15, 0.2) is 23.1 Å². The highest BCUT2D eigenvalue weighted by atomic mass is 32.2. The topological polar surface area (TPSA) is 66.5 Å². The van der Waals surface area contributed by atoms with E-state index in [2.05, 4.69) is 0 Å². The summed E-state index contributed by atoms with van der Waals surface area (Å²) < 4.78 is 13.5. The van der Waals surface area contributed by atoms with Crippen molar-refractivity contribution in [2.75, 3.05) is 12.4 Å².